The fourth-order valence-electron chi connectivity index (χ4n) is 3.99. The molecule has 0 aliphatic rings. The van der Waals surface area contributed by atoms with Gasteiger partial charge in [0.1, 0.15) is 22.4 Å². The van der Waals surface area contributed by atoms with Gasteiger partial charge in [-0.2, -0.15) is 0 Å². The Morgan fingerprint density at radius 1 is 1.06 bits per heavy atom. The molecule has 2 aromatic heterocycles. The molecule has 5 rings (SSSR count). The van der Waals surface area contributed by atoms with Gasteiger partial charge < -0.3 is 14.6 Å². The van der Waals surface area contributed by atoms with Crippen molar-refractivity contribution in [2.75, 3.05) is 0 Å². The lowest BCUT2D eigenvalue weighted by atomic mass is 10.1. The Hall–Kier alpha value is -4.10. The van der Waals surface area contributed by atoms with Crippen LogP contribution in [0.15, 0.2) is 82.1 Å². The van der Waals surface area contributed by atoms with Crippen molar-refractivity contribution in [1.29, 1.82) is 0 Å². The number of rotatable bonds is 5. The minimum absolute atomic E-state index is 0.241. The molecule has 0 saturated heterocycles. The third-order valence-electron chi connectivity index (χ3n) is 5.51. The molecule has 0 saturated carbocycles. The highest BCUT2D eigenvalue weighted by molar-refractivity contribution is 6.37. The van der Waals surface area contributed by atoms with Crippen LogP contribution in [0.4, 0.5) is 0 Å². The molecule has 7 nitrogen and oxygen atoms in total. The molecule has 34 heavy (non-hydrogen) atoms. The van der Waals surface area contributed by atoms with Crippen LogP contribution in [-0.2, 0) is 0 Å². The number of carbonyl (C=O) groups is 1. The number of nitrogens with zero attached hydrogens (tertiary/aromatic N) is 2. The van der Waals surface area contributed by atoms with E-state index < -0.39 is 6.23 Å². The van der Waals surface area contributed by atoms with E-state index in [4.69, 9.17) is 20.9 Å². The van der Waals surface area contributed by atoms with Crippen LogP contribution < -0.4 is 15.6 Å². The Kier molecular flexibility index (Phi) is 5.55. The van der Waals surface area contributed by atoms with Crippen molar-refractivity contribution in [2.24, 2.45) is 0 Å². The smallest absolute Gasteiger partial charge is 0.268 e. The molecule has 0 fully saturated rings. The standard InChI is InChI=1S/C26H20ClN3O4/c1-15-22-24(29-34-15)23-20(27)12-7-13-21(23)30(26(22)32)18-10-6-11-19(14-18)33-16(2)28-25(31)17-8-4-3-5-9-17/h3-14,16H,1-2H3,(H,28,31). The minimum atomic E-state index is -0.603. The maximum absolute atomic E-state index is 13.5. The second-order valence-electron chi connectivity index (χ2n) is 7.83. The first-order valence-electron chi connectivity index (χ1n) is 10.7. The van der Waals surface area contributed by atoms with E-state index in [0.717, 1.165) is 0 Å². The fourth-order valence-corrected chi connectivity index (χ4v) is 4.25. The van der Waals surface area contributed by atoms with Gasteiger partial charge in [0, 0.05) is 17.0 Å². The molecule has 170 valence electrons. The lowest BCUT2D eigenvalue weighted by Gasteiger charge is -2.18. The van der Waals surface area contributed by atoms with Gasteiger partial charge in [-0.15, -0.1) is 0 Å². The van der Waals surface area contributed by atoms with E-state index in [1.807, 2.05) is 12.1 Å². The fraction of sp³-hybridized carbons (Fsp3) is 0.115. The molecular formula is C26H20ClN3O4. The van der Waals surface area contributed by atoms with Crippen LogP contribution in [0.5, 0.6) is 5.75 Å². The van der Waals surface area contributed by atoms with Crippen LogP contribution >= 0.6 is 11.6 Å². The zero-order valence-electron chi connectivity index (χ0n) is 18.4. The first kappa shape index (κ1) is 21.7. The van der Waals surface area contributed by atoms with E-state index in [1.54, 1.807) is 79.1 Å². The van der Waals surface area contributed by atoms with Gasteiger partial charge >= 0.3 is 0 Å². The maximum Gasteiger partial charge on any atom is 0.268 e. The van der Waals surface area contributed by atoms with Crippen molar-refractivity contribution in [3.8, 4) is 11.4 Å². The molecule has 2 heterocycles. The van der Waals surface area contributed by atoms with E-state index in [9.17, 15) is 9.59 Å². The van der Waals surface area contributed by atoms with Gasteiger partial charge in [0.25, 0.3) is 11.5 Å². The molecule has 5 aromatic rings. The zero-order chi connectivity index (χ0) is 23.8. The highest BCUT2D eigenvalue weighted by Gasteiger charge is 2.20. The second-order valence-corrected chi connectivity index (χ2v) is 8.24. The average molecular weight is 474 g/mol. The number of amides is 1. The summed E-state index contributed by atoms with van der Waals surface area (Å²) in [6, 6.07) is 21.3. The predicted molar refractivity (Wildman–Crippen MR) is 131 cm³/mol. The van der Waals surface area contributed by atoms with Crippen LogP contribution in [0.3, 0.4) is 0 Å². The second kappa shape index (κ2) is 8.68. The van der Waals surface area contributed by atoms with Gasteiger partial charge in [0.15, 0.2) is 6.23 Å². The molecule has 1 amide bonds. The number of fused-ring (bicyclic) bond motifs is 3. The van der Waals surface area contributed by atoms with Crippen molar-refractivity contribution in [3.63, 3.8) is 0 Å². The van der Waals surface area contributed by atoms with Gasteiger partial charge in [-0.25, -0.2) is 0 Å². The normalized spacial score (nSPS) is 12.1. The number of halogens is 1. The first-order chi connectivity index (χ1) is 16.4. The summed E-state index contributed by atoms with van der Waals surface area (Å²) in [7, 11) is 0. The highest BCUT2D eigenvalue weighted by Crippen LogP contribution is 2.31. The van der Waals surface area contributed by atoms with Crippen LogP contribution in [0.25, 0.3) is 27.5 Å². The number of aromatic nitrogens is 2. The third kappa shape index (κ3) is 3.80. The molecule has 0 spiro atoms. The van der Waals surface area contributed by atoms with Gasteiger partial charge in [0.05, 0.1) is 16.2 Å². The van der Waals surface area contributed by atoms with E-state index in [0.29, 0.717) is 49.6 Å². The lowest BCUT2D eigenvalue weighted by molar-refractivity contribution is 0.0851. The molecule has 1 atom stereocenters. The van der Waals surface area contributed by atoms with E-state index >= 15 is 0 Å². The number of hydrogen-bond acceptors (Lipinski definition) is 5. The average Bonchev–Trinajstić information content (AvgIpc) is 3.21. The molecular weight excluding hydrogens is 454 g/mol. The Morgan fingerprint density at radius 3 is 2.62 bits per heavy atom. The highest BCUT2D eigenvalue weighted by atomic mass is 35.5. The summed E-state index contributed by atoms with van der Waals surface area (Å²) in [5.41, 5.74) is 1.88. The summed E-state index contributed by atoms with van der Waals surface area (Å²) in [6.07, 6.45) is -0.603. The number of ether oxygens (including phenoxy) is 1. The summed E-state index contributed by atoms with van der Waals surface area (Å²) in [5.74, 6) is 0.664. The van der Waals surface area contributed by atoms with Crippen LogP contribution in [-0.4, -0.2) is 21.9 Å². The molecule has 0 aliphatic carbocycles. The third-order valence-corrected chi connectivity index (χ3v) is 5.82. The first-order valence-corrected chi connectivity index (χ1v) is 11.0. The Bertz CT molecular complexity index is 1590. The largest absolute Gasteiger partial charge is 0.471 e. The number of hydrogen-bond donors (Lipinski definition) is 1. The summed E-state index contributed by atoms with van der Waals surface area (Å²) in [6.45, 7) is 3.43. The Balaban J connectivity index is 1.53. The molecule has 0 radical (unpaired) electrons. The van der Waals surface area contributed by atoms with Crippen molar-refractivity contribution in [2.45, 2.75) is 20.1 Å². The summed E-state index contributed by atoms with van der Waals surface area (Å²) in [4.78, 5) is 25.9. The summed E-state index contributed by atoms with van der Waals surface area (Å²) >= 11 is 6.49. The van der Waals surface area contributed by atoms with E-state index in [1.165, 1.54) is 0 Å². The number of nitrogens with one attached hydrogen (secondary N) is 1. The van der Waals surface area contributed by atoms with Gasteiger partial charge in [-0.05, 0) is 50.2 Å². The van der Waals surface area contributed by atoms with Crippen LogP contribution in [0.2, 0.25) is 5.02 Å². The van der Waals surface area contributed by atoms with Gasteiger partial charge in [-0.3, -0.25) is 14.2 Å². The molecule has 1 N–H and O–H groups in total. The molecule has 3 aromatic carbocycles. The SMILES string of the molecule is Cc1onc2c1c(=O)n(-c1cccc(OC(C)NC(=O)c3ccccc3)c1)c1cccc(Cl)c21. The van der Waals surface area contributed by atoms with Crippen molar-refractivity contribution in [1.82, 2.24) is 15.0 Å². The van der Waals surface area contributed by atoms with Crippen molar-refractivity contribution < 1.29 is 14.1 Å². The van der Waals surface area contributed by atoms with Gasteiger partial charge in [0.2, 0.25) is 0 Å². The minimum Gasteiger partial charge on any atom is -0.471 e. The molecule has 0 bridgehead atoms. The van der Waals surface area contributed by atoms with E-state index in [2.05, 4.69) is 10.5 Å². The molecule has 0 aliphatic heterocycles. The van der Waals surface area contributed by atoms with Crippen LogP contribution in [0.1, 0.15) is 23.0 Å². The van der Waals surface area contributed by atoms with Crippen LogP contribution in [0, 0.1) is 6.92 Å². The Labute approximate surface area is 199 Å². The van der Waals surface area contributed by atoms with E-state index in [-0.39, 0.29) is 11.5 Å². The molecule has 8 heteroatoms. The maximum atomic E-state index is 13.5. The number of benzene rings is 3. The lowest BCUT2D eigenvalue weighted by Crippen LogP contribution is -2.36. The van der Waals surface area contributed by atoms with Gasteiger partial charge in [-0.1, -0.05) is 47.1 Å². The summed E-state index contributed by atoms with van der Waals surface area (Å²) < 4.78 is 12.8. The number of aryl methyl sites for hydroxylation is 1. The quantitative estimate of drug-likeness (QED) is 0.352. The molecule has 1 unspecified atom stereocenters. The Morgan fingerprint density at radius 2 is 1.82 bits per heavy atom. The van der Waals surface area contributed by atoms with Crippen molar-refractivity contribution >= 4 is 39.3 Å². The van der Waals surface area contributed by atoms with Crippen molar-refractivity contribution in [3.05, 3.63) is 99.5 Å². The summed E-state index contributed by atoms with van der Waals surface area (Å²) in [5, 5.41) is 8.36. The topological polar surface area (TPSA) is 86.4 Å². The number of pyridine rings is 1. The number of carbonyl (C=O) groups excluding carboxylic acids is 1. The predicted octanol–water partition coefficient (Wildman–Crippen LogP) is 5.25. The monoisotopic (exact) mass is 473 g/mol. The zero-order valence-corrected chi connectivity index (χ0v) is 19.2.